The molecule has 0 spiro atoms. The van der Waals surface area contributed by atoms with Crippen LogP contribution in [-0.4, -0.2) is 37.9 Å². The van der Waals surface area contributed by atoms with Crippen LogP contribution in [-0.2, 0) is 11.3 Å². The Morgan fingerprint density at radius 1 is 1.03 bits per heavy atom. The minimum atomic E-state index is -0.259. The molecule has 1 N–H and O–H groups in total. The summed E-state index contributed by atoms with van der Waals surface area (Å²) in [5, 5.41) is 4.99. The van der Waals surface area contributed by atoms with E-state index in [0.717, 1.165) is 54.5 Å². The Labute approximate surface area is 205 Å². The zero-order valence-electron chi connectivity index (χ0n) is 19.4. The average Bonchev–Trinajstić information content (AvgIpc) is 2.88. The van der Waals surface area contributed by atoms with Gasteiger partial charge in [-0.2, -0.15) is 5.10 Å². The highest BCUT2D eigenvalue weighted by atomic mass is 35.5. The summed E-state index contributed by atoms with van der Waals surface area (Å²) in [5.41, 5.74) is 7.97. The van der Waals surface area contributed by atoms with Gasteiger partial charge in [0.25, 0.3) is 5.91 Å². The molecule has 0 bridgehead atoms. The number of hydrogen-bond donors (Lipinski definition) is 1. The van der Waals surface area contributed by atoms with Crippen molar-refractivity contribution in [2.24, 2.45) is 5.10 Å². The predicted molar refractivity (Wildman–Crippen MR) is 136 cm³/mol. The van der Waals surface area contributed by atoms with Gasteiger partial charge in [-0.1, -0.05) is 35.9 Å². The largest absolute Gasteiger partial charge is 0.489 e. The Morgan fingerprint density at radius 3 is 2.38 bits per heavy atom. The lowest BCUT2D eigenvalue weighted by molar-refractivity contribution is 0.0954. The maximum Gasteiger partial charge on any atom is 0.271 e. The molecule has 0 aromatic heterocycles. The average molecular weight is 478 g/mol. The summed E-state index contributed by atoms with van der Waals surface area (Å²) >= 11 is 6.05. The topological polar surface area (TPSA) is 63.2 Å². The van der Waals surface area contributed by atoms with Crippen molar-refractivity contribution in [3.63, 3.8) is 0 Å². The maximum atomic E-state index is 12.5. The van der Waals surface area contributed by atoms with Crippen LogP contribution in [0.1, 0.15) is 34.0 Å². The molecule has 0 atom stereocenters. The van der Waals surface area contributed by atoms with Crippen molar-refractivity contribution in [2.75, 3.05) is 31.2 Å². The standard InChI is InChI=1S/C27H28ClN3O3/c1-19-17-25(11-12-26(19)28)34-18-21-3-5-23(6-4-21)27(32)30-29-20(2)22-7-9-24(10-8-22)31-13-15-33-16-14-31/h3-12,17H,13-16,18H2,1-2H3,(H,30,32)/b29-20+. The summed E-state index contributed by atoms with van der Waals surface area (Å²) in [6.07, 6.45) is 0. The van der Waals surface area contributed by atoms with Gasteiger partial charge in [0.2, 0.25) is 0 Å². The van der Waals surface area contributed by atoms with Gasteiger partial charge in [-0.3, -0.25) is 4.79 Å². The van der Waals surface area contributed by atoms with E-state index in [-0.39, 0.29) is 5.91 Å². The monoisotopic (exact) mass is 477 g/mol. The number of amides is 1. The number of halogens is 1. The molecule has 7 heteroatoms. The van der Waals surface area contributed by atoms with E-state index in [1.165, 1.54) is 5.69 Å². The first-order valence-electron chi connectivity index (χ1n) is 11.3. The maximum absolute atomic E-state index is 12.5. The van der Waals surface area contributed by atoms with E-state index in [4.69, 9.17) is 21.1 Å². The third-order valence-corrected chi connectivity index (χ3v) is 6.16. The highest BCUT2D eigenvalue weighted by molar-refractivity contribution is 6.31. The Bertz CT molecular complexity index is 1150. The van der Waals surface area contributed by atoms with Crippen LogP contribution in [0.5, 0.6) is 5.75 Å². The second-order valence-electron chi connectivity index (χ2n) is 8.18. The minimum absolute atomic E-state index is 0.259. The van der Waals surface area contributed by atoms with Crippen molar-refractivity contribution in [1.29, 1.82) is 0 Å². The highest BCUT2D eigenvalue weighted by Crippen LogP contribution is 2.22. The van der Waals surface area contributed by atoms with Crippen LogP contribution in [0.3, 0.4) is 0 Å². The molecule has 0 unspecified atom stereocenters. The van der Waals surface area contributed by atoms with Gasteiger partial charge < -0.3 is 14.4 Å². The second kappa shape index (κ2) is 11.2. The summed E-state index contributed by atoms with van der Waals surface area (Å²) in [6.45, 7) is 7.52. The lowest BCUT2D eigenvalue weighted by atomic mass is 10.1. The van der Waals surface area contributed by atoms with E-state index in [9.17, 15) is 4.79 Å². The number of morpholine rings is 1. The molecule has 6 nitrogen and oxygen atoms in total. The Morgan fingerprint density at radius 2 is 1.71 bits per heavy atom. The molecule has 1 aliphatic rings. The molecule has 0 radical (unpaired) electrons. The molecular formula is C27H28ClN3O3. The van der Waals surface area contributed by atoms with Crippen LogP contribution in [0.15, 0.2) is 71.8 Å². The van der Waals surface area contributed by atoms with Crippen LogP contribution in [0.25, 0.3) is 0 Å². The fraction of sp³-hybridized carbons (Fsp3) is 0.259. The van der Waals surface area contributed by atoms with Gasteiger partial charge in [-0.15, -0.1) is 0 Å². The zero-order valence-corrected chi connectivity index (χ0v) is 20.1. The van der Waals surface area contributed by atoms with Crippen molar-refractivity contribution in [3.8, 4) is 5.75 Å². The van der Waals surface area contributed by atoms with E-state index < -0.39 is 0 Å². The van der Waals surface area contributed by atoms with Crippen LogP contribution in [0.2, 0.25) is 5.02 Å². The number of benzene rings is 3. The van der Waals surface area contributed by atoms with E-state index >= 15 is 0 Å². The van der Waals surface area contributed by atoms with E-state index in [0.29, 0.717) is 17.2 Å². The molecule has 0 saturated carbocycles. The fourth-order valence-corrected chi connectivity index (χ4v) is 3.74. The van der Waals surface area contributed by atoms with Crippen LogP contribution in [0, 0.1) is 6.92 Å². The van der Waals surface area contributed by atoms with Crippen molar-refractivity contribution in [2.45, 2.75) is 20.5 Å². The Balaban J connectivity index is 1.30. The van der Waals surface area contributed by atoms with Gasteiger partial charge in [0.1, 0.15) is 12.4 Å². The lowest BCUT2D eigenvalue weighted by Gasteiger charge is -2.28. The molecule has 0 aliphatic carbocycles. The van der Waals surface area contributed by atoms with Gasteiger partial charge in [-0.05, 0) is 73.0 Å². The highest BCUT2D eigenvalue weighted by Gasteiger charge is 2.11. The van der Waals surface area contributed by atoms with Crippen LogP contribution < -0.4 is 15.1 Å². The molecule has 1 amide bonds. The number of anilines is 1. The van der Waals surface area contributed by atoms with Crippen molar-refractivity contribution >= 4 is 28.9 Å². The van der Waals surface area contributed by atoms with E-state index in [2.05, 4.69) is 27.6 Å². The molecule has 34 heavy (non-hydrogen) atoms. The molecule has 4 rings (SSSR count). The van der Waals surface area contributed by atoms with Crippen molar-refractivity contribution in [1.82, 2.24) is 5.43 Å². The quantitative estimate of drug-likeness (QED) is 0.374. The minimum Gasteiger partial charge on any atom is -0.489 e. The molecule has 1 heterocycles. The molecule has 1 aliphatic heterocycles. The number of nitrogens with one attached hydrogen (secondary N) is 1. The third kappa shape index (κ3) is 6.16. The fourth-order valence-electron chi connectivity index (χ4n) is 3.62. The number of nitrogens with zero attached hydrogens (tertiary/aromatic N) is 2. The number of rotatable bonds is 7. The van der Waals surface area contributed by atoms with Crippen LogP contribution >= 0.6 is 11.6 Å². The van der Waals surface area contributed by atoms with Crippen molar-refractivity contribution in [3.05, 3.63) is 94.0 Å². The van der Waals surface area contributed by atoms with Crippen molar-refractivity contribution < 1.29 is 14.3 Å². The van der Waals surface area contributed by atoms with Gasteiger partial charge in [0.15, 0.2) is 0 Å². The SMILES string of the molecule is C/C(=N\NC(=O)c1ccc(COc2ccc(Cl)c(C)c2)cc1)c1ccc(N2CCOCC2)cc1. The number of carbonyl (C=O) groups is 1. The van der Waals surface area contributed by atoms with Crippen LogP contribution in [0.4, 0.5) is 5.69 Å². The number of hydrazone groups is 1. The predicted octanol–water partition coefficient (Wildman–Crippen LogP) is 5.22. The summed E-state index contributed by atoms with van der Waals surface area (Å²) in [7, 11) is 0. The number of hydrogen-bond acceptors (Lipinski definition) is 5. The summed E-state index contributed by atoms with van der Waals surface area (Å²) in [6, 6.07) is 21.0. The van der Waals surface area contributed by atoms with Gasteiger partial charge in [0.05, 0.1) is 18.9 Å². The zero-order chi connectivity index (χ0) is 23.9. The first kappa shape index (κ1) is 23.8. The van der Waals surface area contributed by atoms with Gasteiger partial charge >= 0.3 is 0 Å². The molecule has 176 valence electrons. The molecule has 3 aromatic carbocycles. The van der Waals surface area contributed by atoms with Gasteiger partial charge in [0, 0.05) is 29.4 Å². The first-order valence-corrected chi connectivity index (χ1v) is 11.6. The molecule has 1 fully saturated rings. The summed E-state index contributed by atoms with van der Waals surface area (Å²) < 4.78 is 11.2. The lowest BCUT2D eigenvalue weighted by Crippen LogP contribution is -2.36. The smallest absolute Gasteiger partial charge is 0.271 e. The summed E-state index contributed by atoms with van der Waals surface area (Å²) in [5.74, 6) is 0.497. The normalized spacial score (nSPS) is 14.1. The molecular weight excluding hydrogens is 450 g/mol. The Kier molecular flexibility index (Phi) is 7.83. The number of ether oxygens (including phenoxy) is 2. The second-order valence-corrected chi connectivity index (χ2v) is 8.59. The van der Waals surface area contributed by atoms with E-state index in [1.807, 2.05) is 56.3 Å². The molecule has 1 saturated heterocycles. The van der Waals surface area contributed by atoms with Gasteiger partial charge in [-0.25, -0.2) is 5.43 Å². The first-order chi connectivity index (χ1) is 16.5. The molecule has 3 aromatic rings. The third-order valence-electron chi connectivity index (χ3n) is 5.74. The Hall–Kier alpha value is -3.35. The summed E-state index contributed by atoms with van der Waals surface area (Å²) in [4.78, 5) is 14.8. The van der Waals surface area contributed by atoms with E-state index in [1.54, 1.807) is 12.1 Å². The number of carbonyl (C=O) groups excluding carboxylic acids is 1. The number of aryl methyl sites for hydroxylation is 1.